The van der Waals surface area contributed by atoms with E-state index in [-0.39, 0.29) is 5.78 Å². The second-order valence-electron chi connectivity index (χ2n) is 5.12. The lowest BCUT2D eigenvalue weighted by Crippen LogP contribution is -2.33. The van der Waals surface area contributed by atoms with Gasteiger partial charge in [0.1, 0.15) is 0 Å². The normalized spacial score (nSPS) is 22.3. The molecule has 0 unspecified atom stereocenters. The van der Waals surface area contributed by atoms with E-state index >= 15 is 0 Å². The molecule has 0 radical (unpaired) electrons. The highest BCUT2D eigenvalue weighted by molar-refractivity contribution is 6.42. The van der Waals surface area contributed by atoms with E-state index in [1.165, 1.54) is 0 Å². The monoisotopic (exact) mass is 332 g/mol. The van der Waals surface area contributed by atoms with E-state index in [4.69, 9.17) is 27.9 Å². The zero-order chi connectivity index (χ0) is 15.3. The number of halogens is 2. The zero-order valence-corrected chi connectivity index (χ0v) is 12.7. The molecule has 0 spiro atoms. The van der Waals surface area contributed by atoms with Crippen molar-refractivity contribution < 1.29 is 9.53 Å². The van der Waals surface area contributed by atoms with E-state index in [2.05, 4.69) is 10.3 Å². The Morgan fingerprint density at radius 1 is 1.09 bits per heavy atom. The number of anilines is 1. The number of ketones is 1. The molecule has 1 saturated heterocycles. The highest BCUT2D eigenvalue weighted by atomic mass is 35.5. The lowest BCUT2D eigenvalue weighted by Gasteiger charge is -2.18. The van der Waals surface area contributed by atoms with Gasteiger partial charge in [0, 0.05) is 5.56 Å². The molecule has 2 aliphatic heterocycles. The van der Waals surface area contributed by atoms with Gasteiger partial charge in [-0.15, -0.1) is 0 Å². The number of carbonyl (C=O) groups is 1. The molecule has 0 amide bonds. The molecule has 4 nitrogen and oxygen atoms in total. The van der Waals surface area contributed by atoms with Gasteiger partial charge in [-0.3, -0.25) is 4.79 Å². The summed E-state index contributed by atoms with van der Waals surface area (Å²) in [5, 5.41) is 4.00. The van der Waals surface area contributed by atoms with Gasteiger partial charge in [0.25, 0.3) is 0 Å². The molecule has 0 bridgehead atoms. The Kier molecular flexibility index (Phi) is 3.10. The highest BCUT2D eigenvalue weighted by Crippen LogP contribution is 2.38. The molecule has 1 N–H and O–H groups in total. The van der Waals surface area contributed by atoms with Crippen LogP contribution in [0.2, 0.25) is 10.0 Å². The first-order chi connectivity index (χ1) is 10.6. The number of Topliss-reactive ketones (excluding diaryl/α,β-unsaturated/α-hetero) is 1. The standard InChI is InChI=1S/C16H10Cl2N2O2/c17-9-6-5-8(7-10(9)18)15-14(21)13-16(22-15)20-12-4-2-1-3-11(12)19-13/h1-7,13,15,19H/t13-,15+/m0/s1. The van der Waals surface area contributed by atoms with Crippen molar-refractivity contribution in [3.8, 4) is 0 Å². The van der Waals surface area contributed by atoms with E-state index in [1.54, 1.807) is 18.2 Å². The number of hydrogen-bond acceptors (Lipinski definition) is 4. The number of carbonyl (C=O) groups excluding carboxylic acids is 1. The smallest absolute Gasteiger partial charge is 0.220 e. The van der Waals surface area contributed by atoms with Crippen LogP contribution in [0.3, 0.4) is 0 Å². The van der Waals surface area contributed by atoms with Crippen LogP contribution in [0.5, 0.6) is 0 Å². The first kappa shape index (κ1) is 13.6. The number of nitrogens with zero attached hydrogens (tertiary/aromatic N) is 1. The maximum atomic E-state index is 12.6. The Balaban J connectivity index is 1.70. The van der Waals surface area contributed by atoms with Crippen molar-refractivity contribution in [3.05, 3.63) is 58.1 Å². The van der Waals surface area contributed by atoms with Crippen LogP contribution in [-0.4, -0.2) is 17.7 Å². The molecule has 2 heterocycles. The number of para-hydroxylation sites is 2. The van der Waals surface area contributed by atoms with E-state index in [0.717, 1.165) is 11.4 Å². The van der Waals surface area contributed by atoms with Gasteiger partial charge in [0.15, 0.2) is 12.1 Å². The van der Waals surface area contributed by atoms with Crippen LogP contribution in [-0.2, 0) is 9.53 Å². The minimum atomic E-state index is -0.722. The molecular formula is C16H10Cl2N2O2. The van der Waals surface area contributed by atoms with Crippen molar-refractivity contribution in [2.24, 2.45) is 4.99 Å². The molecule has 6 heteroatoms. The van der Waals surface area contributed by atoms with Crippen molar-refractivity contribution >= 4 is 46.3 Å². The maximum Gasteiger partial charge on any atom is 0.220 e. The average molecular weight is 333 g/mol. The first-order valence-corrected chi connectivity index (χ1v) is 7.48. The van der Waals surface area contributed by atoms with E-state index in [9.17, 15) is 4.79 Å². The Labute approximate surface area is 136 Å². The molecule has 1 fully saturated rings. The molecule has 0 aliphatic carbocycles. The van der Waals surface area contributed by atoms with Crippen LogP contribution in [0.25, 0.3) is 0 Å². The summed E-state index contributed by atoms with van der Waals surface area (Å²) in [6.45, 7) is 0. The third kappa shape index (κ3) is 2.07. The second-order valence-corrected chi connectivity index (χ2v) is 5.93. The number of rotatable bonds is 1. The summed E-state index contributed by atoms with van der Waals surface area (Å²) in [5.74, 6) is 0.298. The lowest BCUT2D eigenvalue weighted by molar-refractivity contribution is -0.122. The minimum Gasteiger partial charge on any atom is -0.463 e. The van der Waals surface area contributed by atoms with Gasteiger partial charge in [-0.25, -0.2) is 4.99 Å². The van der Waals surface area contributed by atoms with Gasteiger partial charge in [-0.2, -0.15) is 0 Å². The van der Waals surface area contributed by atoms with Gasteiger partial charge in [0.2, 0.25) is 11.7 Å². The minimum absolute atomic E-state index is 0.0911. The van der Waals surface area contributed by atoms with E-state index in [0.29, 0.717) is 21.5 Å². The molecule has 2 aromatic rings. The van der Waals surface area contributed by atoms with Crippen LogP contribution in [0.15, 0.2) is 47.5 Å². The highest BCUT2D eigenvalue weighted by Gasteiger charge is 2.44. The number of ether oxygens (including phenoxy) is 1. The molecule has 2 aromatic carbocycles. The third-order valence-corrected chi connectivity index (χ3v) is 4.45. The van der Waals surface area contributed by atoms with Gasteiger partial charge < -0.3 is 10.1 Å². The van der Waals surface area contributed by atoms with Gasteiger partial charge in [-0.1, -0.05) is 41.4 Å². The van der Waals surface area contributed by atoms with Crippen LogP contribution >= 0.6 is 23.2 Å². The topological polar surface area (TPSA) is 50.7 Å². The number of benzene rings is 2. The summed E-state index contributed by atoms with van der Waals surface area (Å²) in [5.41, 5.74) is 2.25. The van der Waals surface area contributed by atoms with Crippen molar-refractivity contribution in [2.45, 2.75) is 12.1 Å². The molecule has 110 valence electrons. The average Bonchev–Trinajstić information content (AvgIpc) is 2.84. The van der Waals surface area contributed by atoms with Crippen molar-refractivity contribution in [1.29, 1.82) is 0 Å². The van der Waals surface area contributed by atoms with Gasteiger partial charge in [-0.05, 0) is 24.3 Å². The van der Waals surface area contributed by atoms with Crippen LogP contribution in [0.1, 0.15) is 11.7 Å². The second kappa shape index (κ2) is 5.00. The summed E-state index contributed by atoms with van der Waals surface area (Å²) in [7, 11) is 0. The molecule has 0 saturated carbocycles. The van der Waals surface area contributed by atoms with Crippen LogP contribution in [0, 0.1) is 0 Å². The molecule has 22 heavy (non-hydrogen) atoms. The molecule has 2 atom stereocenters. The number of nitrogens with one attached hydrogen (secondary N) is 1. The number of hydrogen-bond donors (Lipinski definition) is 1. The maximum absolute atomic E-state index is 12.6. The lowest BCUT2D eigenvalue weighted by atomic mass is 10.0. The van der Waals surface area contributed by atoms with E-state index in [1.807, 2.05) is 24.3 Å². The Morgan fingerprint density at radius 2 is 1.91 bits per heavy atom. The summed E-state index contributed by atoms with van der Waals surface area (Å²) in [4.78, 5) is 17.0. The number of fused-ring (bicyclic) bond motifs is 2. The summed E-state index contributed by atoms with van der Waals surface area (Å²) < 4.78 is 5.75. The van der Waals surface area contributed by atoms with E-state index < -0.39 is 12.1 Å². The number of aliphatic imine (C=N–C) groups is 1. The fourth-order valence-electron chi connectivity index (χ4n) is 2.62. The molecule has 4 rings (SSSR count). The Hall–Kier alpha value is -2.04. The zero-order valence-electron chi connectivity index (χ0n) is 11.2. The Morgan fingerprint density at radius 3 is 2.73 bits per heavy atom. The summed E-state index contributed by atoms with van der Waals surface area (Å²) in [6, 6.07) is 12.0. The quantitative estimate of drug-likeness (QED) is 0.853. The fourth-order valence-corrected chi connectivity index (χ4v) is 2.93. The van der Waals surface area contributed by atoms with Crippen molar-refractivity contribution in [2.75, 3.05) is 5.32 Å². The predicted molar refractivity (Wildman–Crippen MR) is 86.2 cm³/mol. The largest absolute Gasteiger partial charge is 0.463 e. The van der Waals surface area contributed by atoms with Crippen molar-refractivity contribution in [3.63, 3.8) is 0 Å². The molecule has 2 aliphatic rings. The summed E-state index contributed by atoms with van der Waals surface area (Å²) >= 11 is 11.9. The van der Waals surface area contributed by atoms with Crippen LogP contribution < -0.4 is 5.32 Å². The van der Waals surface area contributed by atoms with Crippen LogP contribution in [0.4, 0.5) is 11.4 Å². The third-order valence-electron chi connectivity index (χ3n) is 3.71. The SMILES string of the molecule is O=C1[C@@H]2Nc3ccccc3N=C2O[C@@H]1c1ccc(Cl)c(Cl)c1. The summed E-state index contributed by atoms with van der Waals surface area (Å²) in [6.07, 6.45) is -0.722. The fraction of sp³-hybridized carbons (Fsp3) is 0.125. The molecule has 0 aromatic heterocycles. The predicted octanol–water partition coefficient (Wildman–Crippen LogP) is 4.16. The van der Waals surface area contributed by atoms with Gasteiger partial charge >= 0.3 is 0 Å². The van der Waals surface area contributed by atoms with Gasteiger partial charge in [0.05, 0.1) is 21.4 Å². The molecular weight excluding hydrogens is 323 g/mol. The van der Waals surface area contributed by atoms with Crippen molar-refractivity contribution in [1.82, 2.24) is 0 Å². The Bertz CT molecular complexity index is 820. The first-order valence-electron chi connectivity index (χ1n) is 6.73.